The third-order valence-corrected chi connectivity index (χ3v) is 6.82. The van der Waals surface area contributed by atoms with Crippen LogP contribution >= 0.6 is 0 Å². The summed E-state index contributed by atoms with van der Waals surface area (Å²) in [5.74, 6) is 0.574. The first-order valence-corrected chi connectivity index (χ1v) is 11.8. The molecule has 0 bridgehead atoms. The maximum atomic E-state index is 14.8. The Morgan fingerprint density at radius 2 is 1.43 bits per heavy atom. The van der Waals surface area contributed by atoms with Gasteiger partial charge in [0.05, 0.1) is 17.9 Å². The van der Waals surface area contributed by atoms with Crippen LogP contribution in [0.2, 0.25) is 0 Å². The van der Waals surface area contributed by atoms with Crippen LogP contribution in [0.3, 0.4) is 0 Å². The van der Waals surface area contributed by atoms with Crippen LogP contribution in [-0.2, 0) is 0 Å². The maximum Gasteiger partial charge on any atom is 0.223 e. The van der Waals surface area contributed by atoms with E-state index in [1.807, 2.05) is 48.5 Å². The number of pyridine rings is 1. The lowest BCUT2D eigenvalue weighted by Crippen LogP contribution is -2.33. The maximum absolute atomic E-state index is 14.8. The zero-order chi connectivity index (χ0) is 24.1. The number of para-hydroxylation sites is 1. The van der Waals surface area contributed by atoms with Gasteiger partial charge in [0.1, 0.15) is 11.6 Å². The number of benzene rings is 5. The molecule has 1 aromatic heterocycles. The second-order valence-electron chi connectivity index (χ2n) is 9.02. The smallest absolute Gasteiger partial charge is 0.223 e. The van der Waals surface area contributed by atoms with Gasteiger partial charge >= 0.3 is 0 Å². The molecule has 2 nitrogen and oxygen atoms in total. The van der Waals surface area contributed by atoms with Crippen LogP contribution in [0.4, 0.5) is 4.39 Å². The first-order chi connectivity index (χ1) is 17.1. The monoisotopic (exact) mass is 458 g/mol. The van der Waals surface area contributed by atoms with E-state index in [9.17, 15) is 4.39 Å². The van der Waals surface area contributed by atoms with Gasteiger partial charge in [-0.3, -0.25) is 0 Å². The summed E-state index contributed by atoms with van der Waals surface area (Å²) in [6.45, 7) is 4.28. The van der Waals surface area contributed by atoms with Crippen molar-refractivity contribution in [1.82, 2.24) is 0 Å². The summed E-state index contributed by atoms with van der Waals surface area (Å²) in [5.41, 5.74) is 7.64. The quantitative estimate of drug-likeness (QED) is 0.194. The van der Waals surface area contributed by atoms with Crippen molar-refractivity contribution >= 4 is 32.6 Å². The van der Waals surface area contributed by atoms with E-state index in [-0.39, 0.29) is 5.82 Å². The fourth-order valence-electron chi connectivity index (χ4n) is 5.43. The predicted molar refractivity (Wildman–Crippen MR) is 142 cm³/mol. The average Bonchev–Trinajstić information content (AvgIpc) is 2.88. The number of hydrogen-bond acceptors (Lipinski definition) is 1. The van der Waals surface area contributed by atoms with Gasteiger partial charge in [0.2, 0.25) is 16.7 Å². The molecule has 0 amide bonds. The van der Waals surface area contributed by atoms with Crippen molar-refractivity contribution in [1.29, 1.82) is 0 Å². The van der Waals surface area contributed by atoms with Crippen LogP contribution in [-0.4, -0.2) is 7.11 Å². The Hall–Kier alpha value is -4.24. The van der Waals surface area contributed by atoms with Gasteiger partial charge in [-0.25, -0.2) is 4.39 Å². The molecule has 170 valence electrons. The second-order valence-corrected chi connectivity index (χ2v) is 9.02. The van der Waals surface area contributed by atoms with E-state index in [0.29, 0.717) is 5.39 Å². The van der Waals surface area contributed by atoms with Crippen LogP contribution in [0.15, 0.2) is 97.1 Å². The summed E-state index contributed by atoms with van der Waals surface area (Å²) in [5, 5.41) is 3.65. The lowest BCUT2D eigenvalue weighted by atomic mass is 9.89. The fourth-order valence-corrected chi connectivity index (χ4v) is 5.43. The minimum atomic E-state index is -0.215. The number of aromatic nitrogens is 1. The molecule has 35 heavy (non-hydrogen) atoms. The van der Waals surface area contributed by atoms with Crippen LogP contribution in [0, 0.1) is 19.7 Å². The highest BCUT2D eigenvalue weighted by molar-refractivity contribution is 6.15. The highest BCUT2D eigenvalue weighted by Gasteiger charge is 2.27. The largest absolute Gasteiger partial charge is 0.496 e. The Morgan fingerprint density at radius 3 is 2.20 bits per heavy atom. The summed E-state index contributed by atoms with van der Waals surface area (Å²) in [4.78, 5) is 0. The van der Waals surface area contributed by atoms with E-state index in [1.54, 1.807) is 13.2 Å². The predicted octanol–water partition coefficient (Wildman–Crippen LogP) is 7.85. The molecule has 5 aromatic carbocycles. The van der Waals surface area contributed by atoms with Gasteiger partial charge in [-0.1, -0.05) is 60.7 Å². The number of hydrogen-bond donors (Lipinski definition) is 0. The van der Waals surface area contributed by atoms with Gasteiger partial charge in [-0.05, 0) is 48.1 Å². The zero-order valence-corrected chi connectivity index (χ0v) is 20.0. The molecular formula is C32H25FNO+. The van der Waals surface area contributed by atoms with Crippen molar-refractivity contribution in [2.24, 2.45) is 0 Å². The summed E-state index contributed by atoms with van der Waals surface area (Å²) in [7, 11) is 1.71. The molecule has 0 fully saturated rings. The van der Waals surface area contributed by atoms with Crippen LogP contribution < -0.4 is 9.30 Å². The Labute approximate surface area is 203 Å². The molecule has 0 radical (unpaired) electrons. The molecule has 0 saturated heterocycles. The highest BCUT2D eigenvalue weighted by Crippen LogP contribution is 2.43. The Balaban J connectivity index is 1.93. The number of nitrogens with zero attached hydrogens (tertiary/aromatic N) is 1. The lowest BCUT2D eigenvalue weighted by Gasteiger charge is -2.18. The molecule has 0 N–H and O–H groups in total. The molecular weight excluding hydrogens is 433 g/mol. The SMILES string of the molecule is COc1cccc2c1c(-c1ccc(F)c3ccccc13)c1c(C)cc(C)cc1[n+]2-c1ccccc1. The summed E-state index contributed by atoms with van der Waals surface area (Å²) in [6.07, 6.45) is 0. The molecule has 0 aliphatic rings. The molecule has 0 saturated carbocycles. The third-order valence-electron chi connectivity index (χ3n) is 6.82. The van der Waals surface area contributed by atoms with E-state index in [2.05, 4.69) is 60.9 Å². The van der Waals surface area contributed by atoms with Gasteiger partial charge in [-0.2, -0.15) is 4.57 Å². The Kier molecular flexibility index (Phi) is 5.00. The first kappa shape index (κ1) is 21.3. The molecule has 6 rings (SSSR count). The van der Waals surface area contributed by atoms with E-state index in [4.69, 9.17) is 4.74 Å². The minimum Gasteiger partial charge on any atom is -0.496 e. The third kappa shape index (κ3) is 3.27. The van der Waals surface area contributed by atoms with E-state index in [1.165, 1.54) is 11.1 Å². The minimum absolute atomic E-state index is 0.215. The van der Waals surface area contributed by atoms with Gasteiger partial charge in [0.15, 0.2) is 0 Å². The number of fused-ring (bicyclic) bond motifs is 3. The fraction of sp³-hybridized carbons (Fsp3) is 0.0938. The standard InChI is InChI=1S/C32H25FNO/c1-20-18-21(2)30-28(19-20)34(22-10-5-4-6-11-22)27-14-9-15-29(35-3)32(27)31(30)25-16-17-26(33)24-13-8-7-12-23(24)25/h4-19H,1-3H3/q+1. The normalized spacial score (nSPS) is 11.4. The number of ether oxygens (including phenoxy) is 1. The first-order valence-electron chi connectivity index (χ1n) is 11.8. The Morgan fingerprint density at radius 1 is 0.686 bits per heavy atom. The van der Waals surface area contributed by atoms with Gasteiger partial charge in [0, 0.05) is 35.2 Å². The molecule has 0 aliphatic heterocycles. The molecule has 0 spiro atoms. The van der Waals surface area contributed by atoms with Crippen molar-refractivity contribution in [3.05, 3.63) is 114 Å². The molecule has 3 heteroatoms. The number of aryl methyl sites for hydroxylation is 2. The molecule has 1 heterocycles. The molecule has 0 aliphatic carbocycles. The summed E-state index contributed by atoms with van der Waals surface area (Å²) >= 11 is 0. The molecule has 0 atom stereocenters. The number of halogens is 1. The van der Waals surface area contributed by atoms with Gasteiger partial charge in [0.25, 0.3) is 0 Å². The summed E-state index contributed by atoms with van der Waals surface area (Å²) < 4.78 is 23.1. The van der Waals surface area contributed by atoms with Crippen molar-refractivity contribution in [2.75, 3.05) is 7.11 Å². The van der Waals surface area contributed by atoms with Crippen molar-refractivity contribution in [2.45, 2.75) is 13.8 Å². The lowest BCUT2D eigenvalue weighted by molar-refractivity contribution is -0.538. The second kappa shape index (κ2) is 8.21. The molecule has 6 aromatic rings. The molecule has 0 unspecified atom stereocenters. The van der Waals surface area contributed by atoms with E-state index in [0.717, 1.165) is 49.8 Å². The van der Waals surface area contributed by atoms with Crippen LogP contribution in [0.1, 0.15) is 11.1 Å². The van der Waals surface area contributed by atoms with Crippen LogP contribution in [0.5, 0.6) is 5.75 Å². The average molecular weight is 459 g/mol. The van der Waals surface area contributed by atoms with Gasteiger partial charge in [-0.15, -0.1) is 0 Å². The number of methoxy groups -OCH3 is 1. The van der Waals surface area contributed by atoms with Crippen molar-refractivity contribution in [3.63, 3.8) is 0 Å². The van der Waals surface area contributed by atoms with Crippen molar-refractivity contribution < 1.29 is 13.7 Å². The van der Waals surface area contributed by atoms with E-state index >= 15 is 0 Å². The topological polar surface area (TPSA) is 13.1 Å². The van der Waals surface area contributed by atoms with Crippen molar-refractivity contribution in [3.8, 4) is 22.6 Å². The van der Waals surface area contributed by atoms with Crippen LogP contribution in [0.25, 0.3) is 49.4 Å². The Bertz CT molecular complexity index is 1760. The van der Waals surface area contributed by atoms with Gasteiger partial charge < -0.3 is 4.74 Å². The number of rotatable bonds is 3. The highest BCUT2D eigenvalue weighted by atomic mass is 19.1. The summed E-state index contributed by atoms with van der Waals surface area (Å²) in [6, 6.07) is 32.2. The van der Waals surface area contributed by atoms with E-state index < -0.39 is 0 Å². The zero-order valence-electron chi connectivity index (χ0n) is 20.0.